The number of rotatable bonds is 6. The Bertz CT molecular complexity index is 876. The van der Waals surface area contributed by atoms with E-state index in [4.69, 9.17) is 5.14 Å². The normalized spacial score (nSPS) is 11.2. The largest absolute Gasteiger partial charge is 0.375 e. The first kappa shape index (κ1) is 16.8. The van der Waals surface area contributed by atoms with Crippen LogP contribution < -0.4 is 10.5 Å². The van der Waals surface area contributed by atoms with Gasteiger partial charge in [-0.15, -0.1) is 11.3 Å². The van der Waals surface area contributed by atoms with Crippen molar-refractivity contribution in [2.75, 3.05) is 5.32 Å². The Hall–Kier alpha value is -2.57. The van der Waals surface area contributed by atoms with E-state index in [2.05, 4.69) is 5.32 Å². The summed E-state index contributed by atoms with van der Waals surface area (Å²) in [6.45, 7) is 0.110. The molecule has 10 nitrogen and oxygen atoms in total. The summed E-state index contributed by atoms with van der Waals surface area (Å²) < 4.78 is 22.3. The number of nitrogens with one attached hydrogen (secondary N) is 1. The second-order valence-electron chi connectivity index (χ2n) is 4.33. The van der Waals surface area contributed by atoms with E-state index in [9.17, 15) is 28.6 Å². The molecule has 0 spiro atoms. The molecule has 0 aliphatic rings. The second-order valence-corrected chi connectivity index (χ2v) is 7.29. The predicted octanol–water partition coefficient (Wildman–Crippen LogP) is 1.82. The molecular weight excluding hydrogens is 348 g/mol. The molecule has 23 heavy (non-hydrogen) atoms. The monoisotopic (exact) mass is 358 g/mol. The van der Waals surface area contributed by atoms with Crippen LogP contribution in [-0.4, -0.2) is 18.3 Å². The lowest BCUT2D eigenvalue weighted by molar-refractivity contribution is -0.393. The molecule has 0 fully saturated rings. The third-order valence-corrected chi connectivity index (χ3v) is 5.28. The maximum atomic E-state index is 11.2. The number of benzene rings is 1. The quantitative estimate of drug-likeness (QED) is 0.588. The molecule has 1 aromatic carbocycles. The minimum Gasteiger partial charge on any atom is -0.375 e. The van der Waals surface area contributed by atoms with Gasteiger partial charge in [-0.2, -0.15) is 0 Å². The van der Waals surface area contributed by atoms with Gasteiger partial charge in [0, 0.05) is 17.5 Å². The molecule has 0 saturated heterocycles. The number of hydrogen-bond donors (Lipinski definition) is 2. The molecule has 0 unspecified atom stereocenters. The maximum Gasteiger partial charge on any atom is 0.299 e. The summed E-state index contributed by atoms with van der Waals surface area (Å²) in [5.74, 6) is 0. The third kappa shape index (κ3) is 4.00. The second kappa shape index (κ2) is 6.28. The van der Waals surface area contributed by atoms with Gasteiger partial charge in [0.1, 0.15) is 9.90 Å². The molecule has 12 heteroatoms. The highest BCUT2D eigenvalue weighted by atomic mass is 32.2. The molecule has 2 aromatic rings. The molecule has 1 heterocycles. The number of primary sulfonamides is 1. The zero-order valence-corrected chi connectivity index (χ0v) is 13.0. The fourth-order valence-corrected chi connectivity index (χ4v) is 3.44. The smallest absolute Gasteiger partial charge is 0.299 e. The lowest BCUT2D eigenvalue weighted by atomic mass is 10.2. The Morgan fingerprint density at radius 2 is 1.83 bits per heavy atom. The number of nitro benzene ring substituents is 2. The van der Waals surface area contributed by atoms with Gasteiger partial charge in [0.15, 0.2) is 0 Å². The van der Waals surface area contributed by atoms with Gasteiger partial charge in [0.05, 0.1) is 15.9 Å². The Morgan fingerprint density at radius 1 is 1.13 bits per heavy atom. The van der Waals surface area contributed by atoms with Crippen molar-refractivity contribution in [2.24, 2.45) is 5.14 Å². The topological polar surface area (TPSA) is 158 Å². The van der Waals surface area contributed by atoms with Crippen molar-refractivity contribution in [3.8, 4) is 0 Å². The van der Waals surface area contributed by atoms with E-state index in [1.54, 1.807) is 0 Å². The van der Waals surface area contributed by atoms with Crippen molar-refractivity contribution in [3.05, 3.63) is 55.4 Å². The molecule has 0 saturated carbocycles. The lowest BCUT2D eigenvalue weighted by Gasteiger charge is -2.05. The first-order chi connectivity index (χ1) is 10.7. The summed E-state index contributed by atoms with van der Waals surface area (Å²) in [5.41, 5.74) is -0.747. The first-order valence-corrected chi connectivity index (χ1v) is 8.33. The molecule has 3 N–H and O–H groups in total. The van der Waals surface area contributed by atoms with Gasteiger partial charge < -0.3 is 5.32 Å². The van der Waals surface area contributed by atoms with E-state index in [0.29, 0.717) is 4.88 Å². The highest BCUT2D eigenvalue weighted by Gasteiger charge is 2.19. The fraction of sp³-hybridized carbons (Fsp3) is 0.0909. The van der Waals surface area contributed by atoms with Gasteiger partial charge in [-0.1, -0.05) is 0 Å². The van der Waals surface area contributed by atoms with Gasteiger partial charge >= 0.3 is 0 Å². The summed E-state index contributed by atoms with van der Waals surface area (Å²) in [6.07, 6.45) is 0. The van der Waals surface area contributed by atoms with Crippen molar-refractivity contribution in [2.45, 2.75) is 10.8 Å². The SMILES string of the molecule is NS(=O)(=O)c1ccc(CNc2ccc([N+](=O)[O-])cc2[N+](=O)[O-])s1. The molecule has 2 rings (SSSR count). The number of sulfonamides is 1. The van der Waals surface area contributed by atoms with Gasteiger partial charge in [-0.25, -0.2) is 13.6 Å². The van der Waals surface area contributed by atoms with E-state index >= 15 is 0 Å². The number of hydrogen-bond acceptors (Lipinski definition) is 8. The van der Waals surface area contributed by atoms with Crippen LogP contribution in [0.3, 0.4) is 0 Å². The summed E-state index contributed by atoms with van der Waals surface area (Å²) in [5, 5.41) is 29.4. The minimum absolute atomic E-state index is 0.0208. The van der Waals surface area contributed by atoms with Gasteiger partial charge in [-0.3, -0.25) is 20.2 Å². The van der Waals surface area contributed by atoms with E-state index in [-0.39, 0.29) is 16.4 Å². The zero-order chi connectivity index (χ0) is 17.2. The standard InChI is InChI=1S/C11H10N4O6S2/c12-23(20,21)11-4-2-8(22-11)6-13-9-3-1-7(14(16)17)5-10(9)15(18)19/h1-5,13H,6H2,(H2,12,20,21). The lowest BCUT2D eigenvalue weighted by Crippen LogP contribution is -2.09. The fourth-order valence-electron chi connectivity index (χ4n) is 1.72. The van der Waals surface area contributed by atoms with Gasteiger partial charge in [0.2, 0.25) is 10.0 Å². The Labute approximate surface area is 133 Å². The van der Waals surface area contributed by atoms with Crippen molar-refractivity contribution in [1.29, 1.82) is 0 Å². The van der Waals surface area contributed by atoms with Crippen LogP contribution in [0.1, 0.15) is 4.88 Å². The number of nitro groups is 2. The van der Waals surface area contributed by atoms with Crippen LogP contribution >= 0.6 is 11.3 Å². The molecule has 0 radical (unpaired) electrons. The maximum absolute atomic E-state index is 11.2. The number of non-ortho nitro benzene ring substituents is 1. The molecular formula is C11H10N4O6S2. The third-order valence-electron chi connectivity index (χ3n) is 2.76. The summed E-state index contributed by atoms with van der Waals surface area (Å²) in [4.78, 5) is 20.8. The number of anilines is 1. The number of nitrogens with two attached hydrogens (primary N) is 1. The average Bonchev–Trinajstić information content (AvgIpc) is 2.93. The van der Waals surface area contributed by atoms with Crippen LogP contribution in [0.4, 0.5) is 17.1 Å². The minimum atomic E-state index is -3.79. The first-order valence-electron chi connectivity index (χ1n) is 5.96. The molecule has 0 amide bonds. The zero-order valence-electron chi connectivity index (χ0n) is 11.3. The van der Waals surface area contributed by atoms with Crippen molar-refractivity contribution >= 4 is 38.4 Å². The Morgan fingerprint density at radius 3 is 2.35 bits per heavy atom. The summed E-state index contributed by atoms with van der Waals surface area (Å²) in [7, 11) is -3.79. The van der Waals surface area contributed by atoms with E-state index < -0.39 is 31.2 Å². The molecule has 1 aromatic heterocycles. The predicted molar refractivity (Wildman–Crippen MR) is 82.8 cm³/mol. The summed E-state index contributed by atoms with van der Waals surface area (Å²) >= 11 is 0.928. The Balaban J connectivity index is 2.22. The van der Waals surface area contributed by atoms with Crippen LogP contribution in [0.15, 0.2) is 34.5 Å². The van der Waals surface area contributed by atoms with Crippen molar-refractivity contribution in [3.63, 3.8) is 0 Å². The Kier molecular flexibility index (Phi) is 4.58. The highest BCUT2D eigenvalue weighted by molar-refractivity contribution is 7.91. The van der Waals surface area contributed by atoms with Crippen molar-refractivity contribution < 1.29 is 18.3 Å². The summed E-state index contributed by atoms with van der Waals surface area (Å²) in [6, 6.07) is 6.08. The number of thiophene rings is 1. The van der Waals surface area contributed by atoms with Gasteiger partial charge in [0.25, 0.3) is 11.4 Å². The average molecular weight is 358 g/mol. The van der Waals surface area contributed by atoms with E-state index in [1.165, 1.54) is 18.2 Å². The van der Waals surface area contributed by atoms with Crippen LogP contribution in [0.5, 0.6) is 0 Å². The molecule has 0 bridgehead atoms. The number of nitrogens with zero attached hydrogens (tertiary/aromatic N) is 2. The van der Waals surface area contributed by atoms with Crippen LogP contribution in [0.25, 0.3) is 0 Å². The van der Waals surface area contributed by atoms with E-state index in [0.717, 1.165) is 23.5 Å². The van der Waals surface area contributed by atoms with Crippen molar-refractivity contribution in [1.82, 2.24) is 0 Å². The molecule has 0 atom stereocenters. The van der Waals surface area contributed by atoms with Crippen LogP contribution in [0, 0.1) is 20.2 Å². The van der Waals surface area contributed by atoms with Gasteiger partial charge in [-0.05, 0) is 18.2 Å². The van der Waals surface area contributed by atoms with Crippen LogP contribution in [-0.2, 0) is 16.6 Å². The molecule has 0 aliphatic heterocycles. The molecule has 0 aliphatic carbocycles. The van der Waals surface area contributed by atoms with E-state index in [1.807, 2.05) is 0 Å². The van der Waals surface area contributed by atoms with Crippen LogP contribution in [0.2, 0.25) is 0 Å². The highest BCUT2D eigenvalue weighted by Crippen LogP contribution is 2.30. The molecule has 122 valence electrons.